The number of fused-ring (bicyclic) bond motifs is 2. The molecule has 4 aromatic rings. The summed E-state index contributed by atoms with van der Waals surface area (Å²) in [6.45, 7) is 4.30. The van der Waals surface area contributed by atoms with E-state index < -0.39 is 0 Å². The molecule has 4 rings (SSSR count). The second-order valence-corrected chi connectivity index (χ2v) is 7.27. The van der Waals surface area contributed by atoms with Crippen LogP contribution in [-0.4, -0.2) is 20.3 Å². The molecule has 3 heterocycles. The van der Waals surface area contributed by atoms with Crippen LogP contribution in [-0.2, 0) is 6.54 Å². The zero-order valence-electron chi connectivity index (χ0n) is 14.5. The Morgan fingerprint density at radius 1 is 1.15 bits per heavy atom. The van der Waals surface area contributed by atoms with Crippen LogP contribution in [0, 0.1) is 13.8 Å². The monoisotopic (exact) mass is 408 g/mol. The fourth-order valence-electron chi connectivity index (χ4n) is 3.01. The number of rotatable bonds is 3. The minimum atomic E-state index is -0.129. The van der Waals surface area contributed by atoms with Gasteiger partial charge < -0.3 is 9.72 Å². The first-order valence-corrected chi connectivity index (χ1v) is 9.08. The van der Waals surface area contributed by atoms with Gasteiger partial charge in [-0.1, -0.05) is 22.0 Å². The van der Waals surface area contributed by atoms with Gasteiger partial charge >= 0.3 is 0 Å². The van der Waals surface area contributed by atoms with Gasteiger partial charge in [-0.3, -0.25) is 9.78 Å². The molecular weight excluding hydrogens is 392 g/mol. The molecular formula is C20H17BrN4O. The minimum absolute atomic E-state index is 0.129. The van der Waals surface area contributed by atoms with Crippen molar-refractivity contribution in [2.24, 2.45) is 0 Å². The smallest absolute Gasteiger partial charge is 0.252 e. The molecule has 0 fully saturated rings. The van der Waals surface area contributed by atoms with E-state index in [1.807, 2.05) is 67.0 Å². The standard InChI is InChI=1S/C20H17BrN4O/c1-12-5-6-25-11-15(24-19(25)7-12)10-22-20(26)17-8-13(2)23-18-9-14(21)3-4-16(17)18/h3-9,11H,10H2,1-2H3,(H,22,26). The first kappa shape index (κ1) is 16.7. The highest BCUT2D eigenvalue weighted by atomic mass is 79.9. The fraction of sp³-hybridized carbons (Fsp3) is 0.150. The number of amides is 1. The number of hydrogen-bond acceptors (Lipinski definition) is 3. The molecule has 26 heavy (non-hydrogen) atoms. The molecule has 0 spiro atoms. The SMILES string of the molecule is Cc1ccn2cc(CNC(=O)c3cc(C)nc4cc(Br)ccc34)nc2c1. The summed E-state index contributed by atoms with van der Waals surface area (Å²) in [6.07, 6.45) is 3.91. The molecule has 3 aromatic heterocycles. The molecule has 0 radical (unpaired) electrons. The van der Waals surface area contributed by atoms with Gasteiger partial charge in [-0.25, -0.2) is 4.98 Å². The maximum absolute atomic E-state index is 12.8. The van der Waals surface area contributed by atoms with Gasteiger partial charge in [0.2, 0.25) is 0 Å². The average molecular weight is 409 g/mol. The van der Waals surface area contributed by atoms with Gasteiger partial charge in [0.05, 0.1) is 23.3 Å². The Bertz CT molecular complexity index is 1140. The quantitative estimate of drug-likeness (QED) is 0.552. The second-order valence-electron chi connectivity index (χ2n) is 6.36. The summed E-state index contributed by atoms with van der Waals surface area (Å²) in [6, 6.07) is 11.6. The Morgan fingerprint density at radius 3 is 2.85 bits per heavy atom. The third-order valence-electron chi connectivity index (χ3n) is 4.24. The highest BCUT2D eigenvalue weighted by Crippen LogP contribution is 2.22. The van der Waals surface area contributed by atoms with Gasteiger partial charge in [0.1, 0.15) is 5.65 Å². The number of benzene rings is 1. The molecule has 0 aliphatic rings. The Hall–Kier alpha value is -2.73. The predicted molar refractivity (Wildman–Crippen MR) is 105 cm³/mol. The average Bonchev–Trinajstić information content (AvgIpc) is 3.00. The summed E-state index contributed by atoms with van der Waals surface area (Å²) in [5, 5.41) is 3.81. The van der Waals surface area contributed by atoms with Gasteiger partial charge in [0.15, 0.2) is 0 Å². The maximum atomic E-state index is 12.8. The van der Waals surface area contributed by atoms with Crippen LogP contribution in [0.4, 0.5) is 0 Å². The van der Waals surface area contributed by atoms with E-state index in [1.54, 1.807) is 0 Å². The summed E-state index contributed by atoms with van der Waals surface area (Å²) >= 11 is 3.45. The Labute approximate surface area is 159 Å². The number of nitrogens with zero attached hydrogens (tertiary/aromatic N) is 3. The molecule has 5 nitrogen and oxygen atoms in total. The zero-order valence-corrected chi connectivity index (χ0v) is 16.0. The van der Waals surface area contributed by atoms with Crippen molar-refractivity contribution >= 4 is 38.4 Å². The van der Waals surface area contributed by atoms with Crippen LogP contribution >= 0.6 is 15.9 Å². The molecule has 0 aliphatic heterocycles. The number of carbonyl (C=O) groups is 1. The van der Waals surface area contributed by atoms with Crippen molar-refractivity contribution in [2.75, 3.05) is 0 Å². The Balaban J connectivity index is 1.60. The van der Waals surface area contributed by atoms with Crippen LogP contribution < -0.4 is 5.32 Å². The van der Waals surface area contributed by atoms with Crippen molar-refractivity contribution in [1.29, 1.82) is 0 Å². The molecule has 1 aromatic carbocycles. The summed E-state index contributed by atoms with van der Waals surface area (Å²) in [5.41, 5.74) is 5.09. The molecule has 0 unspecified atom stereocenters. The number of carbonyl (C=O) groups excluding carboxylic acids is 1. The largest absolute Gasteiger partial charge is 0.346 e. The lowest BCUT2D eigenvalue weighted by Gasteiger charge is -2.08. The minimum Gasteiger partial charge on any atom is -0.346 e. The lowest BCUT2D eigenvalue weighted by Crippen LogP contribution is -2.23. The van der Waals surface area contributed by atoms with E-state index in [-0.39, 0.29) is 5.91 Å². The molecule has 1 amide bonds. The van der Waals surface area contributed by atoms with Gasteiger partial charge in [-0.05, 0) is 49.7 Å². The first-order valence-electron chi connectivity index (χ1n) is 8.29. The summed E-state index contributed by atoms with van der Waals surface area (Å²) in [7, 11) is 0. The second kappa shape index (κ2) is 6.53. The number of aryl methyl sites for hydroxylation is 2. The molecule has 0 atom stereocenters. The lowest BCUT2D eigenvalue weighted by atomic mass is 10.1. The lowest BCUT2D eigenvalue weighted by molar-refractivity contribution is 0.0952. The Morgan fingerprint density at radius 2 is 2.00 bits per heavy atom. The van der Waals surface area contributed by atoms with Crippen LogP contribution in [0.5, 0.6) is 0 Å². The number of hydrogen-bond donors (Lipinski definition) is 1. The van der Waals surface area contributed by atoms with Crippen LogP contribution in [0.15, 0.2) is 53.3 Å². The number of pyridine rings is 2. The molecule has 0 saturated heterocycles. The van der Waals surface area contributed by atoms with Crippen molar-refractivity contribution < 1.29 is 4.79 Å². The van der Waals surface area contributed by atoms with E-state index in [2.05, 4.69) is 31.2 Å². The zero-order chi connectivity index (χ0) is 18.3. The molecule has 0 bridgehead atoms. The topological polar surface area (TPSA) is 59.3 Å². The third kappa shape index (κ3) is 3.20. The molecule has 0 saturated carbocycles. The molecule has 6 heteroatoms. The van der Waals surface area contributed by atoms with Gasteiger partial charge in [-0.2, -0.15) is 0 Å². The van der Waals surface area contributed by atoms with Crippen LogP contribution in [0.25, 0.3) is 16.6 Å². The summed E-state index contributed by atoms with van der Waals surface area (Å²) < 4.78 is 2.90. The van der Waals surface area contributed by atoms with Gasteiger partial charge in [0.25, 0.3) is 5.91 Å². The number of imidazole rings is 1. The van der Waals surface area contributed by atoms with Crippen molar-refractivity contribution in [1.82, 2.24) is 19.7 Å². The maximum Gasteiger partial charge on any atom is 0.252 e. The highest BCUT2D eigenvalue weighted by molar-refractivity contribution is 9.10. The van der Waals surface area contributed by atoms with Crippen LogP contribution in [0.1, 0.15) is 27.3 Å². The van der Waals surface area contributed by atoms with Crippen molar-refractivity contribution in [3.05, 3.63) is 75.8 Å². The predicted octanol–water partition coefficient (Wildman–Crippen LogP) is 4.19. The Kier molecular flexibility index (Phi) is 4.20. The van der Waals surface area contributed by atoms with E-state index >= 15 is 0 Å². The van der Waals surface area contributed by atoms with E-state index in [9.17, 15) is 4.79 Å². The van der Waals surface area contributed by atoms with E-state index in [0.717, 1.165) is 38.0 Å². The van der Waals surface area contributed by atoms with Crippen LogP contribution in [0.2, 0.25) is 0 Å². The molecule has 130 valence electrons. The number of aromatic nitrogens is 3. The van der Waals surface area contributed by atoms with Crippen molar-refractivity contribution in [3.63, 3.8) is 0 Å². The van der Waals surface area contributed by atoms with Crippen LogP contribution in [0.3, 0.4) is 0 Å². The fourth-order valence-corrected chi connectivity index (χ4v) is 3.36. The normalized spacial score (nSPS) is 11.2. The van der Waals surface area contributed by atoms with E-state index in [0.29, 0.717) is 12.1 Å². The van der Waals surface area contributed by atoms with Gasteiger partial charge in [-0.15, -0.1) is 0 Å². The summed E-state index contributed by atoms with van der Waals surface area (Å²) in [5.74, 6) is -0.129. The highest BCUT2D eigenvalue weighted by Gasteiger charge is 2.13. The summed E-state index contributed by atoms with van der Waals surface area (Å²) in [4.78, 5) is 21.8. The van der Waals surface area contributed by atoms with Crippen molar-refractivity contribution in [2.45, 2.75) is 20.4 Å². The van der Waals surface area contributed by atoms with Gasteiger partial charge in [0, 0.05) is 27.9 Å². The molecule has 0 aliphatic carbocycles. The van der Waals surface area contributed by atoms with Crippen molar-refractivity contribution in [3.8, 4) is 0 Å². The first-order chi connectivity index (χ1) is 12.5. The number of nitrogens with one attached hydrogen (secondary N) is 1. The number of halogens is 1. The third-order valence-corrected chi connectivity index (χ3v) is 4.73. The molecule has 1 N–H and O–H groups in total. The van der Waals surface area contributed by atoms with E-state index in [1.165, 1.54) is 0 Å². The van der Waals surface area contributed by atoms with E-state index in [4.69, 9.17) is 0 Å².